The fourth-order valence-electron chi connectivity index (χ4n) is 6.00. The van der Waals surface area contributed by atoms with E-state index in [1.54, 1.807) is 13.8 Å². The molecule has 2 unspecified atom stereocenters. The minimum absolute atomic E-state index is 0.198. The number of aliphatic hydroxyl groups is 1. The standard InChI is InChI=1S/C22H31NO3/c1-14(24)13-23-21(25)15(2)26-20-5-3-19(4-6-20)22-10-16-7-17(11-22)9-18(8-16)12-22/h3-6,14-18,24H,7-13H2,1-2H3,(H,23,25). The van der Waals surface area contributed by atoms with Gasteiger partial charge in [0.25, 0.3) is 5.91 Å². The van der Waals surface area contributed by atoms with Crippen molar-refractivity contribution in [3.8, 4) is 5.75 Å². The Labute approximate surface area is 156 Å². The van der Waals surface area contributed by atoms with Gasteiger partial charge in [0, 0.05) is 6.54 Å². The van der Waals surface area contributed by atoms with Crippen molar-refractivity contribution in [2.75, 3.05) is 6.54 Å². The summed E-state index contributed by atoms with van der Waals surface area (Å²) in [5.74, 6) is 3.36. The van der Waals surface area contributed by atoms with Gasteiger partial charge in [-0.15, -0.1) is 0 Å². The van der Waals surface area contributed by atoms with Gasteiger partial charge in [0.1, 0.15) is 5.75 Å². The first-order valence-electron chi connectivity index (χ1n) is 10.2. The number of rotatable bonds is 6. The number of amides is 1. The molecule has 142 valence electrons. The quantitative estimate of drug-likeness (QED) is 0.820. The third-order valence-corrected chi connectivity index (χ3v) is 6.76. The molecular formula is C22H31NO3. The Balaban J connectivity index is 1.40. The largest absolute Gasteiger partial charge is 0.481 e. The SMILES string of the molecule is CC(O)CNC(=O)C(C)Oc1ccc(C23CC4CC(CC(C4)C2)C3)cc1. The number of ether oxygens (including phenoxy) is 1. The molecule has 1 aromatic rings. The van der Waals surface area contributed by atoms with Crippen molar-refractivity contribution < 1.29 is 14.6 Å². The van der Waals surface area contributed by atoms with E-state index in [1.165, 1.54) is 44.1 Å². The van der Waals surface area contributed by atoms with Crippen LogP contribution in [0.1, 0.15) is 57.9 Å². The van der Waals surface area contributed by atoms with Crippen LogP contribution >= 0.6 is 0 Å². The summed E-state index contributed by atoms with van der Waals surface area (Å²) < 4.78 is 5.79. The van der Waals surface area contributed by atoms with Gasteiger partial charge in [0.15, 0.2) is 6.10 Å². The maximum Gasteiger partial charge on any atom is 0.260 e. The lowest BCUT2D eigenvalue weighted by molar-refractivity contribution is -0.127. The Kier molecular flexibility index (Phi) is 4.72. The van der Waals surface area contributed by atoms with Gasteiger partial charge in [-0.3, -0.25) is 4.79 Å². The Morgan fingerprint density at radius 1 is 1.12 bits per heavy atom. The van der Waals surface area contributed by atoms with Crippen LogP contribution in [0.5, 0.6) is 5.75 Å². The Bertz CT molecular complexity index is 617. The molecule has 4 aliphatic rings. The zero-order chi connectivity index (χ0) is 18.3. The van der Waals surface area contributed by atoms with E-state index in [9.17, 15) is 9.90 Å². The number of aliphatic hydroxyl groups excluding tert-OH is 1. The molecule has 0 radical (unpaired) electrons. The van der Waals surface area contributed by atoms with Gasteiger partial charge >= 0.3 is 0 Å². The lowest BCUT2D eigenvalue weighted by Gasteiger charge is -2.57. The topological polar surface area (TPSA) is 58.6 Å². The van der Waals surface area contributed by atoms with Gasteiger partial charge in [0.05, 0.1) is 6.10 Å². The first kappa shape index (κ1) is 17.8. The predicted molar refractivity (Wildman–Crippen MR) is 101 cm³/mol. The molecule has 4 nitrogen and oxygen atoms in total. The summed E-state index contributed by atoms with van der Waals surface area (Å²) >= 11 is 0. The van der Waals surface area contributed by atoms with Crippen LogP contribution in [0.25, 0.3) is 0 Å². The zero-order valence-electron chi connectivity index (χ0n) is 15.9. The second-order valence-electron chi connectivity index (χ2n) is 9.08. The molecule has 5 rings (SSSR count). The van der Waals surface area contributed by atoms with Crippen LogP contribution < -0.4 is 10.1 Å². The minimum Gasteiger partial charge on any atom is -0.481 e. The highest BCUT2D eigenvalue weighted by molar-refractivity contribution is 5.80. The van der Waals surface area contributed by atoms with E-state index in [4.69, 9.17) is 4.74 Å². The first-order chi connectivity index (χ1) is 12.4. The van der Waals surface area contributed by atoms with Crippen LogP contribution in [0.15, 0.2) is 24.3 Å². The normalized spacial score (nSPS) is 34.3. The summed E-state index contributed by atoms with van der Waals surface area (Å²) in [6.45, 7) is 3.64. The summed E-state index contributed by atoms with van der Waals surface area (Å²) in [6.07, 6.45) is 7.33. The minimum atomic E-state index is -0.570. The van der Waals surface area contributed by atoms with Gasteiger partial charge in [-0.05, 0) is 93.2 Å². The average molecular weight is 357 g/mol. The maximum absolute atomic E-state index is 12.0. The van der Waals surface area contributed by atoms with Crippen molar-refractivity contribution in [2.24, 2.45) is 17.8 Å². The number of hydrogen-bond donors (Lipinski definition) is 2. The van der Waals surface area contributed by atoms with Crippen molar-refractivity contribution >= 4 is 5.91 Å². The van der Waals surface area contributed by atoms with Crippen LogP contribution in [0.2, 0.25) is 0 Å². The summed E-state index contributed by atoms with van der Waals surface area (Å²) in [7, 11) is 0. The fourth-order valence-corrected chi connectivity index (χ4v) is 6.00. The van der Waals surface area contributed by atoms with Crippen molar-refractivity contribution in [1.29, 1.82) is 0 Å². The van der Waals surface area contributed by atoms with E-state index >= 15 is 0 Å². The van der Waals surface area contributed by atoms with Gasteiger partial charge in [-0.2, -0.15) is 0 Å². The molecule has 4 aliphatic carbocycles. The molecule has 2 atom stereocenters. The fraction of sp³-hybridized carbons (Fsp3) is 0.682. The van der Waals surface area contributed by atoms with Crippen molar-refractivity contribution in [1.82, 2.24) is 5.32 Å². The van der Waals surface area contributed by atoms with Gasteiger partial charge < -0.3 is 15.2 Å². The Hall–Kier alpha value is -1.55. The van der Waals surface area contributed by atoms with Crippen molar-refractivity contribution in [2.45, 2.75) is 70.0 Å². The molecular weight excluding hydrogens is 326 g/mol. The average Bonchev–Trinajstić information content (AvgIpc) is 2.59. The molecule has 4 heteroatoms. The lowest BCUT2D eigenvalue weighted by Crippen LogP contribution is -2.48. The molecule has 1 aromatic carbocycles. The molecule has 4 saturated carbocycles. The summed E-state index contributed by atoms with van der Waals surface area (Å²) in [5, 5.41) is 12.0. The van der Waals surface area contributed by atoms with Crippen LogP contribution in [-0.2, 0) is 10.2 Å². The molecule has 0 aliphatic heterocycles. The van der Waals surface area contributed by atoms with Crippen LogP contribution in [0.3, 0.4) is 0 Å². The van der Waals surface area contributed by atoms with Crippen LogP contribution in [-0.4, -0.2) is 29.8 Å². The van der Waals surface area contributed by atoms with E-state index < -0.39 is 12.2 Å². The van der Waals surface area contributed by atoms with Crippen molar-refractivity contribution in [3.05, 3.63) is 29.8 Å². The monoisotopic (exact) mass is 357 g/mol. The van der Waals surface area contributed by atoms with Crippen LogP contribution in [0.4, 0.5) is 0 Å². The first-order valence-corrected chi connectivity index (χ1v) is 10.2. The number of hydrogen-bond acceptors (Lipinski definition) is 3. The molecule has 26 heavy (non-hydrogen) atoms. The Morgan fingerprint density at radius 3 is 2.15 bits per heavy atom. The van der Waals surface area contributed by atoms with E-state index in [0.717, 1.165) is 23.5 Å². The molecule has 0 aromatic heterocycles. The molecule has 2 N–H and O–H groups in total. The molecule has 0 spiro atoms. The number of carbonyl (C=O) groups is 1. The number of benzene rings is 1. The highest BCUT2D eigenvalue weighted by atomic mass is 16.5. The van der Waals surface area contributed by atoms with E-state index in [1.807, 2.05) is 12.1 Å². The molecule has 4 bridgehead atoms. The second-order valence-corrected chi connectivity index (χ2v) is 9.08. The number of nitrogens with one attached hydrogen (secondary N) is 1. The van der Waals surface area contributed by atoms with Gasteiger partial charge in [-0.25, -0.2) is 0 Å². The molecule has 1 amide bonds. The zero-order valence-corrected chi connectivity index (χ0v) is 15.9. The smallest absolute Gasteiger partial charge is 0.260 e. The van der Waals surface area contributed by atoms with Crippen LogP contribution in [0, 0.1) is 17.8 Å². The lowest BCUT2D eigenvalue weighted by atomic mass is 9.48. The highest BCUT2D eigenvalue weighted by Gasteiger charge is 2.51. The summed E-state index contributed by atoms with van der Waals surface area (Å²) in [4.78, 5) is 12.0. The Morgan fingerprint density at radius 2 is 1.65 bits per heavy atom. The van der Waals surface area contributed by atoms with Gasteiger partial charge in [-0.1, -0.05) is 12.1 Å². The maximum atomic E-state index is 12.0. The second kappa shape index (κ2) is 6.88. The van der Waals surface area contributed by atoms with E-state index in [2.05, 4.69) is 17.4 Å². The molecule has 0 saturated heterocycles. The van der Waals surface area contributed by atoms with E-state index in [-0.39, 0.29) is 12.5 Å². The molecule has 0 heterocycles. The summed E-state index contributed by atoms with van der Waals surface area (Å²) in [5.41, 5.74) is 1.86. The highest BCUT2D eigenvalue weighted by Crippen LogP contribution is 2.60. The predicted octanol–water partition coefficient (Wildman–Crippen LogP) is 3.42. The van der Waals surface area contributed by atoms with Crippen molar-refractivity contribution in [3.63, 3.8) is 0 Å². The van der Waals surface area contributed by atoms with Gasteiger partial charge in [0.2, 0.25) is 0 Å². The van der Waals surface area contributed by atoms with E-state index in [0.29, 0.717) is 5.41 Å². The number of carbonyl (C=O) groups excluding carboxylic acids is 1. The third kappa shape index (κ3) is 3.48. The molecule has 4 fully saturated rings. The summed E-state index contributed by atoms with van der Waals surface area (Å²) in [6, 6.07) is 8.49. The third-order valence-electron chi connectivity index (χ3n) is 6.76.